The smallest absolute Gasteiger partial charge is 0.415 e. The molecule has 5 atom stereocenters. The second-order valence-electron chi connectivity index (χ2n) is 15.6. The van der Waals surface area contributed by atoms with Crippen LogP contribution in [-0.2, 0) is 18.9 Å². The second-order valence-corrected chi connectivity index (χ2v) is 20.0. The molecular formula is C35H48N2O7Si. The average Bonchev–Trinajstić information content (AvgIpc) is 3.22. The standard InChI is InChI=1S/C35H48N2O7Si/c1-21(18-33(5,6)45(9,10)39)35-13-11-15-42-29(35)22-16-23-27-25(17-26(40-8)28(23)36-24(22)12-14-35)37(31(38)44-32(2,3)4)34(7)19-41-20-43-30(27)34/h11-14,16-17,21,29-30,39H,15,18-20H2,1-10H3/t21-,29-,30-,34-,35+/m0/s1. The molecule has 9 nitrogen and oxygen atoms in total. The van der Waals surface area contributed by atoms with Crippen LogP contribution in [0.15, 0.2) is 30.4 Å². The summed E-state index contributed by atoms with van der Waals surface area (Å²) in [4.78, 5) is 31.8. The summed E-state index contributed by atoms with van der Waals surface area (Å²) in [6.07, 6.45) is 8.37. The number of carbonyl (C=O) groups is 1. The van der Waals surface area contributed by atoms with Crippen LogP contribution < -0.4 is 9.64 Å². The molecular weight excluding hydrogens is 588 g/mol. The third-order valence-corrected chi connectivity index (χ3v) is 14.1. The molecule has 0 unspecified atom stereocenters. The van der Waals surface area contributed by atoms with Crippen molar-refractivity contribution in [1.82, 2.24) is 4.98 Å². The zero-order valence-corrected chi connectivity index (χ0v) is 29.3. The predicted octanol–water partition coefficient (Wildman–Crippen LogP) is 7.45. The van der Waals surface area contributed by atoms with E-state index in [-0.39, 0.29) is 30.5 Å². The van der Waals surface area contributed by atoms with Crippen LogP contribution in [0.3, 0.4) is 0 Å². The summed E-state index contributed by atoms with van der Waals surface area (Å²) in [6.45, 7) is 19.1. The Kier molecular flexibility index (Phi) is 7.61. The van der Waals surface area contributed by atoms with Gasteiger partial charge < -0.3 is 28.5 Å². The van der Waals surface area contributed by atoms with Gasteiger partial charge in [-0.25, -0.2) is 9.78 Å². The monoisotopic (exact) mass is 636 g/mol. The van der Waals surface area contributed by atoms with E-state index in [2.05, 4.69) is 51.1 Å². The topological polar surface area (TPSA) is 99.6 Å². The SMILES string of the molecule is COc1cc2c(c3cc4c(nc13)C=C[C@@]1([C@@H](C)CC(C)(C)[Si](C)(C)O)C=CCO[C@@H]41)[C@@H]1OCOC[C@]1(C)N2C(=O)OC(C)(C)C. The summed E-state index contributed by atoms with van der Waals surface area (Å²) in [5, 5.41) is 0.656. The number of fused-ring (bicyclic) bond motifs is 8. The zero-order valence-electron chi connectivity index (χ0n) is 28.3. The van der Waals surface area contributed by atoms with E-state index in [1.165, 1.54) is 0 Å². The summed E-state index contributed by atoms with van der Waals surface area (Å²) in [5.74, 6) is 0.733. The van der Waals surface area contributed by atoms with E-state index in [0.717, 1.165) is 28.6 Å². The van der Waals surface area contributed by atoms with Crippen molar-refractivity contribution in [3.63, 3.8) is 0 Å². The van der Waals surface area contributed by atoms with Gasteiger partial charge in [0.1, 0.15) is 35.3 Å². The molecule has 244 valence electrons. The molecule has 3 aliphatic heterocycles. The Hall–Kier alpha value is -2.76. The van der Waals surface area contributed by atoms with Gasteiger partial charge in [0.05, 0.1) is 37.8 Å². The number of carbonyl (C=O) groups excluding carboxylic acids is 1. The van der Waals surface area contributed by atoms with E-state index in [1.807, 2.05) is 46.9 Å². The number of ether oxygens (including phenoxy) is 5. The van der Waals surface area contributed by atoms with Crippen LogP contribution in [0, 0.1) is 11.3 Å². The molecule has 10 heteroatoms. The molecule has 4 aliphatic rings. The maximum atomic E-state index is 13.8. The fraction of sp³-hybridized carbons (Fsp3) is 0.600. The molecule has 1 aliphatic carbocycles. The van der Waals surface area contributed by atoms with Crippen LogP contribution in [0.5, 0.6) is 5.75 Å². The first-order valence-corrected chi connectivity index (χ1v) is 18.9. The Morgan fingerprint density at radius 1 is 1.18 bits per heavy atom. The van der Waals surface area contributed by atoms with Crippen LogP contribution in [0.1, 0.15) is 83.9 Å². The van der Waals surface area contributed by atoms with Crippen molar-refractivity contribution in [2.45, 2.75) is 96.4 Å². The fourth-order valence-electron chi connectivity index (χ4n) is 7.53. The van der Waals surface area contributed by atoms with Crippen molar-refractivity contribution in [2.75, 3.05) is 32.0 Å². The quantitative estimate of drug-likeness (QED) is 0.267. The number of amides is 1. The first-order chi connectivity index (χ1) is 20.9. The van der Waals surface area contributed by atoms with Crippen molar-refractivity contribution in [2.24, 2.45) is 11.3 Å². The fourth-order valence-corrected chi connectivity index (χ4v) is 8.34. The van der Waals surface area contributed by atoms with Gasteiger partial charge >= 0.3 is 6.09 Å². The van der Waals surface area contributed by atoms with Crippen LogP contribution >= 0.6 is 0 Å². The van der Waals surface area contributed by atoms with E-state index >= 15 is 0 Å². The molecule has 0 bridgehead atoms. The van der Waals surface area contributed by atoms with Gasteiger partial charge in [-0.05, 0) is 70.3 Å². The Balaban J connectivity index is 1.54. The van der Waals surface area contributed by atoms with Crippen LogP contribution in [0.4, 0.5) is 10.5 Å². The minimum absolute atomic E-state index is 0.119. The largest absolute Gasteiger partial charge is 0.494 e. The number of nitrogens with zero attached hydrogens (tertiary/aromatic N) is 2. The summed E-state index contributed by atoms with van der Waals surface area (Å²) in [7, 11) is -0.818. The lowest BCUT2D eigenvalue weighted by Gasteiger charge is -2.48. The van der Waals surface area contributed by atoms with Crippen molar-refractivity contribution in [3.8, 4) is 5.75 Å². The normalized spacial score (nSPS) is 28.3. The van der Waals surface area contributed by atoms with Crippen molar-refractivity contribution < 1.29 is 33.3 Å². The first kappa shape index (κ1) is 32.2. The molecule has 2 aromatic rings. The Bertz CT molecular complexity index is 1590. The van der Waals surface area contributed by atoms with Gasteiger partial charge in [-0.1, -0.05) is 39.0 Å². The third-order valence-electron chi connectivity index (χ3n) is 10.6. The van der Waals surface area contributed by atoms with Gasteiger partial charge in [0.2, 0.25) is 0 Å². The Labute approximate surface area is 267 Å². The van der Waals surface area contributed by atoms with Crippen LogP contribution in [-0.4, -0.2) is 62.4 Å². The highest BCUT2D eigenvalue weighted by molar-refractivity contribution is 6.72. The lowest BCUT2D eigenvalue weighted by atomic mass is 9.64. The van der Waals surface area contributed by atoms with Gasteiger partial charge in [0.15, 0.2) is 8.32 Å². The minimum atomic E-state index is -2.44. The zero-order chi connectivity index (χ0) is 32.7. The van der Waals surface area contributed by atoms with E-state index in [1.54, 1.807) is 12.0 Å². The minimum Gasteiger partial charge on any atom is -0.494 e. The summed E-state index contributed by atoms with van der Waals surface area (Å²) in [5.41, 5.74) is 2.11. The van der Waals surface area contributed by atoms with Crippen LogP contribution in [0.2, 0.25) is 18.1 Å². The summed E-state index contributed by atoms with van der Waals surface area (Å²) >= 11 is 0. The molecule has 6 rings (SSSR count). The predicted molar refractivity (Wildman–Crippen MR) is 177 cm³/mol. The number of aromatic nitrogens is 1. The average molecular weight is 637 g/mol. The molecule has 1 saturated heterocycles. The molecule has 4 heterocycles. The lowest BCUT2D eigenvalue weighted by Crippen LogP contribution is -2.56. The number of hydrogen-bond donors (Lipinski definition) is 1. The van der Waals surface area contributed by atoms with Gasteiger partial charge in [-0.15, -0.1) is 0 Å². The summed E-state index contributed by atoms with van der Waals surface area (Å²) < 4.78 is 30.5. The number of methoxy groups -OCH3 is 1. The summed E-state index contributed by atoms with van der Waals surface area (Å²) in [6, 6.07) is 4.04. The molecule has 1 aromatic heterocycles. The van der Waals surface area contributed by atoms with E-state index in [9.17, 15) is 9.59 Å². The highest BCUT2D eigenvalue weighted by Gasteiger charge is 2.56. The molecule has 0 radical (unpaired) electrons. The van der Waals surface area contributed by atoms with Gasteiger partial charge in [0, 0.05) is 28.0 Å². The molecule has 1 N–H and O–H groups in total. The molecule has 0 spiro atoms. The maximum Gasteiger partial charge on any atom is 0.415 e. The van der Waals surface area contributed by atoms with Gasteiger partial charge in [-0.2, -0.15) is 0 Å². The highest BCUT2D eigenvalue weighted by Crippen LogP contribution is 2.58. The van der Waals surface area contributed by atoms with Gasteiger partial charge in [-0.3, -0.25) is 4.90 Å². The highest BCUT2D eigenvalue weighted by atomic mass is 28.4. The molecule has 1 fully saturated rings. The number of benzene rings is 1. The number of hydrogen-bond acceptors (Lipinski definition) is 8. The van der Waals surface area contributed by atoms with Crippen molar-refractivity contribution in [3.05, 3.63) is 47.2 Å². The first-order valence-electron chi connectivity index (χ1n) is 15.9. The third kappa shape index (κ3) is 5.04. The van der Waals surface area contributed by atoms with Gasteiger partial charge in [0.25, 0.3) is 0 Å². The molecule has 1 aromatic carbocycles. The lowest BCUT2D eigenvalue weighted by molar-refractivity contribution is -0.172. The van der Waals surface area contributed by atoms with E-state index < -0.39 is 37.1 Å². The molecule has 1 amide bonds. The number of pyridine rings is 1. The maximum absolute atomic E-state index is 13.8. The van der Waals surface area contributed by atoms with Crippen LogP contribution in [0.25, 0.3) is 17.0 Å². The number of anilines is 1. The Morgan fingerprint density at radius 2 is 1.91 bits per heavy atom. The van der Waals surface area contributed by atoms with E-state index in [4.69, 9.17) is 28.7 Å². The van der Waals surface area contributed by atoms with E-state index in [0.29, 0.717) is 23.6 Å². The Morgan fingerprint density at radius 3 is 2.58 bits per heavy atom. The number of rotatable bonds is 5. The molecule has 0 saturated carbocycles. The van der Waals surface area contributed by atoms with Crippen molar-refractivity contribution >= 4 is 37.1 Å². The van der Waals surface area contributed by atoms with Crippen molar-refractivity contribution in [1.29, 1.82) is 0 Å². The second kappa shape index (κ2) is 10.6. The molecule has 45 heavy (non-hydrogen) atoms.